The fourth-order valence-corrected chi connectivity index (χ4v) is 2.12. The first-order valence-corrected chi connectivity index (χ1v) is 6.53. The van der Waals surface area contributed by atoms with Crippen molar-refractivity contribution in [3.63, 3.8) is 0 Å². The lowest BCUT2D eigenvalue weighted by Gasteiger charge is -2.25. The Morgan fingerprint density at radius 2 is 1.87 bits per heavy atom. The molecule has 0 amide bonds. The lowest BCUT2D eigenvalue weighted by atomic mass is 10.1. The molecule has 0 bridgehead atoms. The first-order chi connectivity index (χ1) is 10.6. The number of nitro benzene ring substituents is 2. The van der Waals surface area contributed by atoms with E-state index < -0.39 is 38.6 Å². The third-order valence-corrected chi connectivity index (χ3v) is 2.95. The van der Waals surface area contributed by atoms with Crippen LogP contribution in [0.15, 0.2) is 24.8 Å². The number of hydrogen-bond acceptors (Lipinski definition) is 5. The summed E-state index contributed by atoms with van der Waals surface area (Å²) in [6.45, 7) is 5.16. The van der Waals surface area contributed by atoms with Crippen molar-refractivity contribution in [2.45, 2.75) is 19.5 Å². The van der Waals surface area contributed by atoms with Crippen LogP contribution in [0, 0.1) is 20.2 Å². The van der Waals surface area contributed by atoms with E-state index in [1.54, 1.807) is 6.92 Å². The molecule has 1 rings (SSSR count). The minimum atomic E-state index is -4.97. The van der Waals surface area contributed by atoms with E-state index in [0.717, 1.165) is 4.90 Å². The third kappa shape index (κ3) is 4.18. The Morgan fingerprint density at radius 3 is 2.26 bits per heavy atom. The smallest absolute Gasteiger partial charge is 0.362 e. The number of benzene rings is 1. The van der Waals surface area contributed by atoms with E-state index in [2.05, 4.69) is 6.58 Å². The number of halogens is 3. The molecule has 0 radical (unpaired) electrons. The normalized spacial score (nSPS) is 11.1. The van der Waals surface area contributed by atoms with Crippen molar-refractivity contribution in [3.05, 3.63) is 50.6 Å². The van der Waals surface area contributed by atoms with E-state index in [4.69, 9.17) is 0 Å². The molecule has 0 aliphatic heterocycles. The lowest BCUT2D eigenvalue weighted by molar-refractivity contribution is -0.394. The second-order valence-corrected chi connectivity index (χ2v) is 4.61. The van der Waals surface area contributed by atoms with E-state index in [-0.39, 0.29) is 13.1 Å². The Balaban J connectivity index is 3.77. The van der Waals surface area contributed by atoms with Gasteiger partial charge in [-0.15, -0.1) is 6.58 Å². The Morgan fingerprint density at radius 1 is 1.26 bits per heavy atom. The van der Waals surface area contributed by atoms with Gasteiger partial charge in [0.1, 0.15) is 5.69 Å². The van der Waals surface area contributed by atoms with E-state index >= 15 is 0 Å². The molecule has 0 heterocycles. The van der Waals surface area contributed by atoms with Crippen molar-refractivity contribution in [2.24, 2.45) is 0 Å². The summed E-state index contributed by atoms with van der Waals surface area (Å²) in [5.74, 6) is 0. The Kier molecular flexibility index (Phi) is 5.66. The fraction of sp³-hybridized carbons (Fsp3) is 0.385. The van der Waals surface area contributed by atoms with Crippen LogP contribution in [-0.4, -0.2) is 22.9 Å². The first kappa shape index (κ1) is 18.4. The second-order valence-electron chi connectivity index (χ2n) is 4.61. The van der Waals surface area contributed by atoms with Gasteiger partial charge in [0.25, 0.3) is 11.4 Å². The Hall–Kier alpha value is -2.65. The summed E-state index contributed by atoms with van der Waals surface area (Å²) in [5.41, 5.74) is -4.03. The van der Waals surface area contributed by atoms with Crippen LogP contribution in [0.4, 0.5) is 30.2 Å². The maximum atomic E-state index is 13.3. The number of hydrogen-bond donors (Lipinski definition) is 0. The summed E-state index contributed by atoms with van der Waals surface area (Å²) in [7, 11) is 0. The van der Waals surface area contributed by atoms with Gasteiger partial charge in [0, 0.05) is 19.2 Å². The van der Waals surface area contributed by atoms with Gasteiger partial charge >= 0.3 is 6.18 Å². The molecule has 0 spiro atoms. The minimum absolute atomic E-state index is 0.0599. The summed E-state index contributed by atoms with van der Waals surface area (Å²) in [4.78, 5) is 20.9. The average Bonchev–Trinajstić information content (AvgIpc) is 2.44. The summed E-state index contributed by atoms with van der Waals surface area (Å²) < 4.78 is 39.8. The van der Waals surface area contributed by atoms with Crippen molar-refractivity contribution in [1.29, 1.82) is 0 Å². The number of anilines is 1. The number of non-ortho nitro benzene ring substituents is 1. The van der Waals surface area contributed by atoms with E-state index in [9.17, 15) is 33.4 Å². The Labute approximate surface area is 129 Å². The van der Waals surface area contributed by atoms with Gasteiger partial charge in [-0.3, -0.25) is 20.2 Å². The highest BCUT2D eigenvalue weighted by molar-refractivity contribution is 5.72. The van der Waals surface area contributed by atoms with Crippen LogP contribution in [0.25, 0.3) is 0 Å². The van der Waals surface area contributed by atoms with Crippen molar-refractivity contribution in [1.82, 2.24) is 0 Å². The lowest BCUT2D eigenvalue weighted by Crippen LogP contribution is -2.28. The van der Waals surface area contributed by atoms with E-state index in [1.807, 2.05) is 0 Å². The number of nitro groups is 2. The summed E-state index contributed by atoms with van der Waals surface area (Å²) >= 11 is 0. The molecule has 0 saturated carbocycles. The molecule has 0 atom stereocenters. The van der Waals surface area contributed by atoms with Gasteiger partial charge in [0.2, 0.25) is 0 Å². The van der Waals surface area contributed by atoms with Gasteiger partial charge in [0.15, 0.2) is 0 Å². The molecule has 0 saturated heterocycles. The molecule has 10 heteroatoms. The molecular formula is C13H14F3N3O4. The van der Waals surface area contributed by atoms with Gasteiger partial charge in [0.05, 0.1) is 21.5 Å². The molecule has 0 aliphatic carbocycles. The van der Waals surface area contributed by atoms with Gasteiger partial charge in [-0.05, 0) is 6.42 Å². The highest BCUT2D eigenvalue weighted by atomic mass is 19.4. The zero-order valence-electron chi connectivity index (χ0n) is 12.2. The van der Waals surface area contributed by atoms with Gasteiger partial charge < -0.3 is 4.90 Å². The SMILES string of the molecule is C=CCN(CCC)c1c([N+](=O)[O-])cc([N+](=O)[O-])cc1C(F)(F)F. The molecular weight excluding hydrogens is 319 g/mol. The van der Waals surface area contributed by atoms with Crippen molar-refractivity contribution >= 4 is 17.1 Å². The first-order valence-electron chi connectivity index (χ1n) is 6.53. The summed E-state index contributed by atoms with van der Waals surface area (Å²) in [6.07, 6.45) is -3.24. The minimum Gasteiger partial charge on any atom is -0.362 e. The van der Waals surface area contributed by atoms with Crippen molar-refractivity contribution in [3.8, 4) is 0 Å². The Bertz CT molecular complexity index is 632. The summed E-state index contributed by atoms with van der Waals surface area (Å²) in [6, 6.07) is 0.852. The van der Waals surface area contributed by atoms with Crippen LogP contribution in [0.5, 0.6) is 0 Å². The second kappa shape index (κ2) is 7.07. The zero-order valence-corrected chi connectivity index (χ0v) is 12.2. The molecule has 126 valence electrons. The topological polar surface area (TPSA) is 89.5 Å². The third-order valence-electron chi connectivity index (χ3n) is 2.95. The van der Waals surface area contributed by atoms with E-state index in [1.165, 1.54) is 6.08 Å². The monoisotopic (exact) mass is 333 g/mol. The van der Waals surface area contributed by atoms with Crippen LogP contribution in [-0.2, 0) is 6.18 Å². The standard InChI is InChI=1S/C13H14F3N3O4/c1-3-5-17(6-4-2)12-10(13(14,15)16)7-9(18(20)21)8-11(12)19(22)23/h3,7-8H,1,4-6H2,2H3. The van der Waals surface area contributed by atoms with Crippen molar-refractivity contribution in [2.75, 3.05) is 18.0 Å². The highest BCUT2D eigenvalue weighted by Crippen LogP contribution is 2.44. The molecule has 23 heavy (non-hydrogen) atoms. The number of nitrogens with zero attached hydrogens (tertiary/aromatic N) is 3. The van der Waals surface area contributed by atoms with Crippen LogP contribution in [0.1, 0.15) is 18.9 Å². The largest absolute Gasteiger partial charge is 0.418 e. The zero-order chi connectivity index (χ0) is 17.8. The highest BCUT2D eigenvalue weighted by Gasteiger charge is 2.41. The average molecular weight is 333 g/mol. The predicted molar refractivity (Wildman–Crippen MR) is 77.5 cm³/mol. The van der Waals surface area contributed by atoms with E-state index in [0.29, 0.717) is 18.6 Å². The van der Waals surface area contributed by atoms with Crippen LogP contribution in [0.3, 0.4) is 0 Å². The van der Waals surface area contributed by atoms with Gasteiger partial charge in [-0.2, -0.15) is 13.2 Å². The quantitative estimate of drug-likeness (QED) is 0.428. The fourth-order valence-electron chi connectivity index (χ4n) is 2.12. The molecule has 0 aromatic heterocycles. The maximum Gasteiger partial charge on any atom is 0.418 e. The molecule has 0 N–H and O–H groups in total. The van der Waals surface area contributed by atoms with Crippen molar-refractivity contribution < 1.29 is 23.0 Å². The molecule has 0 unspecified atom stereocenters. The molecule has 1 aromatic carbocycles. The molecule has 0 aliphatic rings. The van der Waals surface area contributed by atoms with Gasteiger partial charge in [-0.25, -0.2) is 0 Å². The van der Waals surface area contributed by atoms with Crippen LogP contribution in [0.2, 0.25) is 0 Å². The molecule has 7 nitrogen and oxygen atoms in total. The number of rotatable bonds is 7. The summed E-state index contributed by atoms with van der Waals surface area (Å²) in [5, 5.41) is 21.9. The molecule has 0 fully saturated rings. The van der Waals surface area contributed by atoms with Gasteiger partial charge in [-0.1, -0.05) is 13.0 Å². The predicted octanol–water partition coefficient (Wildman–Crippen LogP) is 3.92. The number of alkyl halides is 3. The van der Waals surface area contributed by atoms with Crippen LogP contribution >= 0.6 is 0 Å². The maximum absolute atomic E-state index is 13.3. The van der Waals surface area contributed by atoms with Crippen LogP contribution < -0.4 is 4.90 Å². The molecule has 1 aromatic rings.